The van der Waals surface area contributed by atoms with E-state index in [1.807, 2.05) is 22.6 Å². The summed E-state index contributed by atoms with van der Waals surface area (Å²) in [6.07, 6.45) is -1.04. The minimum absolute atomic E-state index is 0.138. The minimum Gasteiger partial charge on any atom is -0.490 e. The van der Waals surface area contributed by atoms with Gasteiger partial charge in [-0.05, 0) is 34.7 Å². The van der Waals surface area contributed by atoms with Gasteiger partial charge in [0.2, 0.25) is 0 Å². The van der Waals surface area contributed by atoms with E-state index >= 15 is 0 Å². The van der Waals surface area contributed by atoms with E-state index in [1.165, 1.54) is 12.1 Å². The molecule has 0 saturated carbocycles. The lowest BCUT2D eigenvalue weighted by molar-refractivity contribution is 0.0540. The molecule has 1 aromatic heterocycles. The SMILES string of the molecule is OCC(O)COc1cc(Oc2ccc(F)cc2F)cc2[nH]nc(I)c12. The van der Waals surface area contributed by atoms with Crippen molar-refractivity contribution in [2.45, 2.75) is 6.10 Å². The smallest absolute Gasteiger partial charge is 0.168 e. The maximum atomic E-state index is 13.8. The van der Waals surface area contributed by atoms with Crippen LogP contribution < -0.4 is 9.47 Å². The van der Waals surface area contributed by atoms with Crippen molar-refractivity contribution >= 4 is 33.5 Å². The number of hydrogen-bond donors (Lipinski definition) is 3. The number of rotatable bonds is 6. The normalized spacial score (nSPS) is 12.4. The van der Waals surface area contributed by atoms with Gasteiger partial charge >= 0.3 is 0 Å². The fraction of sp³-hybridized carbons (Fsp3) is 0.188. The predicted octanol–water partition coefficient (Wildman–Crippen LogP) is 2.97. The van der Waals surface area contributed by atoms with Crippen molar-refractivity contribution in [1.82, 2.24) is 10.2 Å². The molecular weight excluding hydrogens is 449 g/mol. The van der Waals surface area contributed by atoms with Gasteiger partial charge in [0.1, 0.15) is 33.7 Å². The molecule has 9 heteroatoms. The number of aliphatic hydroxyl groups is 2. The third-order valence-corrected chi connectivity index (χ3v) is 4.10. The van der Waals surface area contributed by atoms with Crippen molar-refractivity contribution in [3.8, 4) is 17.2 Å². The van der Waals surface area contributed by atoms with Crippen molar-refractivity contribution in [3.63, 3.8) is 0 Å². The van der Waals surface area contributed by atoms with Crippen LogP contribution in [0, 0.1) is 15.3 Å². The first-order chi connectivity index (χ1) is 12.0. The number of aromatic amines is 1. The zero-order chi connectivity index (χ0) is 18.0. The van der Waals surface area contributed by atoms with Gasteiger partial charge in [0.25, 0.3) is 0 Å². The van der Waals surface area contributed by atoms with Crippen LogP contribution in [0.2, 0.25) is 0 Å². The second kappa shape index (κ2) is 7.50. The first kappa shape index (κ1) is 17.8. The first-order valence-electron chi connectivity index (χ1n) is 7.20. The van der Waals surface area contributed by atoms with E-state index in [1.54, 1.807) is 6.07 Å². The van der Waals surface area contributed by atoms with Gasteiger partial charge in [-0.15, -0.1) is 0 Å². The second-order valence-electron chi connectivity index (χ2n) is 5.18. The van der Waals surface area contributed by atoms with Gasteiger partial charge in [0.05, 0.1) is 17.5 Å². The quantitative estimate of drug-likeness (QED) is 0.491. The lowest BCUT2D eigenvalue weighted by Gasteiger charge is -2.13. The summed E-state index contributed by atoms with van der Waals surface area (Å²) >= 11 is 2.01. The summed E-state index contributed by atoms with van der Waals surface area (Å²) < 4.78 is 38.4. The number of aromatic nitrogens is 2. The summed E-state index contributed by atoms with van der Waals surface area (Å²) in [5.74, 6) is -1.09. The molecule has 132 valence electrons. The Balaban J connectivity index is 1.95. The number of aliphatic hydroxyl groups excluding tert-OH is 2. The fourth-order valence-electron chi connectivity index (χ4n) is 2.15. The summed E-state index contributed by atoms with van der Waals surface area (Å²) in [6.45, 7) is -0.580. The average Bonchev–Trinajstić information content (AvgIpc) is 2.96. The highest BCUT2D eigenvalue weighted by atomic mass is 127. The number of halogens is 3. The maximum absolute atomic E-state index is 13.8. The molecule has 0 fully saturated rings. The number of nitrogens with zero attached hydrogens (tertiary/aromatic N) is 1. The van der Waals surface area contributed by atoms with Crippen molar-refractivity contribution in [2.24, 2.45) is 0 Å². The molecule has 0 bridgehead atoms. The Labute approximate surface area is 154 Å². The van der Waals surface area contributed by atoms with Crippen LogP contribution in [0.15, 0.2) is 30.3 Å². The Morgan fingerprint density at radius 2 is 2.00 bits per heavy atom. The van der Waals surface area contributed by atoms with Crippen molar-refractivity contribution in [1.29, 1.82) is 0 Å². The summed E-state index contributed by atoms with van der Waals surface area (Å²) in [5.41, 5.74) is 0.581. The standard InChI is InChI=1S/C16H13F2IN2O4/c17-8-1-2-13(11(18)3-8)25-10-4-12-15(16(19)21-20-12)14(5-10)24-7-9(23)6-22/h1-5,9,22-23H,6-7H2,(H,20,21). The van der Waals surface area contributed by atoms with Crippen LogP contribution in [-0.2, 0) is 0 Å². The molecule has 0 aliphatic rings. The molecule has 1 heterocycles. The third kappa shape index (κ3) is 3.99. The average molecular weight is 462 g/mol. The van der Waals surface area contributed by atoms with Crippen LogP contribution >= 0.6 is 22.6 Å². The fourth-order valence-corrected chi connectivity index (χ4v) is 2.83. The Morgan fingerprint density at radius 1 is 1.20 bits per heavy atom. The molecule has 6 nitrogen and oxygen atoms in total. The highest BCUT2D eigenvalue weighted by molar-refractivity contribution is 14.1. The van der Waals surface area contributed by atoms with Gasteiger partial charge < -0.3 is 19.7 Å². The van der Waals surface area contributed by atoms with Crippen LogP contribution in [0.25, 0.3) is 10.9 Å². The van der Waals surface area contributed by atoms with E-state index < -0.39 is 24.3 Å². The molecule has 3 N–H and O–H groups in total. The van der Waals surface area contributed by atoms with Gasteiger partial charge in [-0.25, -0.2) is 8.78 Å². The molecular formula is C16H13F2IN2O4. The second-order valence-corrected chi connectivity index (χ2v) is 6.20. The molecule has 0 radical (unpaired) electrons. The number of H-pyrrole nitrogens is 1. The zero-order valence-corrected chi connectivity index (χ0v) is 14.8. The minimum atomic E-state index is -1.04. The molecule has 3 aromatic rings. The highest BCUT2D eigenvalue weighted by Crippen LogP contribution is 2.35. The van der Waals surface area contributed by atoms with Crippen LogP contribution in [0.4, 0.5) is 8.78 Å². The third-order valence-electron chi connectivity index (χ3n) is 3.32. The van der Waals surface area contributed by atoms with E-state index in [4.69, 9.17) is 14.6 Å². The van der Waals surface area contributed by atoms with Crippen LogP contribution in [-0.4, -0.2) is 39.7 Å². The number of ether oxygens (including phenoxy) is 2. The van der Waals surface area contributed by atoms with E-state index in [0.717, 1.165) is 12.1 Å². The maximum Gasteiger partial charge on any atom is 0.168 e. The van der Waals surface area contributed by atoms with Crippen molar-refractivity contribution < 1.29 is 28.5 Å². The lowest BCUT2D eigenvalue weighted by atomic mass is 10.2. The van der Waals surface area contributed by atoms with Crippen molar-refractivity contribution in [3.05, 3.63) is 45.7 Å². The lowest BCUT2D eigenvalue weighted by Crippen LogP contribution is -2.21. The number of hydrogen-bond acceptors (Lipinski definition) is 5. The van der Waals surface area contributed by atoms with E-state index in [9.17, 15) is 13.9 Å². The van der Waals surface area contributed by atoms with Gasteiger partial charge in [-0.3, -0.25) is 5.10 Å². The molecule has 1 atom stereocenters. The molecule has 0 spiro atoms. The topological polar surface area (TPSA) is 87.6 Å². The predicted molar refractivity (Wildman–Crippen MR) is 93.8 cm³/mol. The highest BCUT2D eigenvalue weighted by Gasteiger charge is 2.15. The summed E-state index contributed by atoms with van der Waals surface area (Å²) in [5, 5.41) is 25.9. The Hall–Kier alpha value is -1.98. The molecule has 2 aromatic carbocycles. The molecule has 3 rings (SSSR count). The molecule has 0 amide bonds. The Bertz CT molecular complexity index is 903. The van der Waals surface area contributed by atoms with Crippen LogP contribution in [0.1, 0.15) is 0 Å². The van der Waals surface area contributed by atoms with Gasteiger partial charge in [-0.1, -0.05) is 0 Å². The first-order valence-corrected chi connectivity index (χ1v) is 8.28. The molecule has 25 heavy (non-hydrogen) atoms. The molecule has 1 unspecified atom stereocenters. The Morgan fingerprint density at radius 3 is 2.72 bits per heavy atom. The Kier molecular flexibility index (Phi) is 5.35. The number of nitrogens with one attached hydrogen (secondary N) is 1. The summed E-state index contributed by atoms with van der Waals surface area (Å²) in [4.78, 5) is 0. The number of fused-ring (bicyclic) bond motifs is 1. The molecule has 0 saturated heterocycles. The monoisotopic (exact) mass is 462 g/mol. The zero-order valence-electron chi connectivity index (χ0n) is 12.7. The van der Waals surface area contributed by atoms with Crippen LogP contribution in [0.3, 0.4) is 0 Å². The molecule has 0 aliphatic heterocycles. The van der Waals surface area contributed by atoms with E-state index in [-0.39, 0.29) is 18.1 Å². The van der Waals surface area contributed by atoms with Gasteiger partial charge in [0, 0.05) is 18.2 Å². The van der Waals surface area contributed by atoms with E-state index in [0.29, 0.717) is 20.4 Å². The van der Waals surface area contributed by atoms with Gasteiger partial charge in [-0.2, -0.15) is 5.10 Å². The largest absolute Gasteiger partial charge is 0.490 e. The summed E-state index contributed by atoms with van der Waals surface area (Å²) in [6, 6.07) is 6.10. The van der Waals surface area contributed by atoms with Gasteiger partial charge in [0.15, 0.2) is 11.6 Å². The van der Waals surface area contributed by atoms with Crippen molar-refractivity contribution in [2.75, 3.05) is 13.2 Å². The summed E-state index contributed by atoms with van der Waals surface area (Å²) in [7, 11) is 0. The van der Waals surface area contributed by atoms with E-state index in [2.05, 4.69) is 10.2 Å². The number of benzene rings is 2. The molecule has 0 aliphatic carbocycles. The van der Waals surface area contributed by atoms with Crippen LogP contribution in [0.5, 0.6) is 17.2 Å².